The van der Waals surface area contributed by atoms with Crippen molar-refractivity contribution in [3.05, 3.63) is 53.4 Å². The van der Waals surface area contributed by atoms with E-state index in [0.29, 0.717) is 31.9 Å². The molecule has 0 amide bonds. The monoisotopic (exact) mass is 445 g/mol. The van der Waals surface area contributed by atoms with Crippen LogP contribution in [-0.4, -0.2) is 68.0 Å². The molecule has 2 fully saturated rings. The standard InChI is InChI=1S/C22H31N5O3S/c1-3-23-21(24-17-22(9-10-22)20-7-5-4-6-18(20)2)26-11-13-27(14-12-26)31(28,29)16-19-8-15-30-25-19/h4-8,15H,3,9-14,16-17H2,1-2H3,(H,23,24). The van der Waals surface area contributed by atoms with Crippen LogP contribution in [0.25, 0.3) is 0 Å². The number of nitrogens with one attached hydrogen (secondary N) is 1. The minimum atomic E-state index is -3.41. The average molecular weight is 446 g/mol. The summed E-state index contributed by atoms with van der Waals surface area (Å²) in [6, 6.07) is 10.2. The van der Waals surface area contributed by atoms with Crippen molar-refractivity contribution in [1.29, 1.82) is 0 Å². The minimum absolute atomic E-state index is 0.128. The second-order valence-corrected chi connectivity index (χ2v) is 10.4. The number of rotatable bonds is 7. The zero-order valence-electron chi connectivity index (χ0n) is 18.2. The summed E-state index contributed by atoms with van der Waals surface area (Å²) in [4.78, 5) is 7.14. The molecule has 8 nitrogen and oxygen atoms in total. The van der Waals surface area contributed by atoms with E-state index in [-0.39, 0.29) is 11.2 Å². The molecular weight excluding hydrogens is 414 g/mol. The Morgan fingerprint density at radius 3 is 2.55 bits per heavy atom. The molecule has 0 bridgehead atoms. The van der Waals surface area contributed by atoms with Gasteiger partial charge in [-0.1, -0.05) is 29.4 Å². The summed E-state index contributed by atoms with van der Waals surface area (Å²) in [6.45, 7) is 7.86. The molecule has 1 aliphatic heterocycles. The molecule has 1 aromatic heterocycles. The van der Waals surface area contributed by atoms with Gasteiger partial charge in [-0.15, -0.1) is 0 Å². The van der Waals surface area contributed by atoms with E-state index in [1.165, 1.54) is 21.7 Å². The van der Waals surface area contributed by atoms with E-state index in [1.807, 2.05) is 0 Å². The molecule has 9 heteroatoms. The lowest BCUT2D eigenvalue weighted by atomic mass is 9.92. The van der Waals surface area contributed by atoms with Crippen LogP contribution in [0.4, 0.5) is 0 Å². The van der Waals surface area contributed by atoms with Gasteiger partial charge in [0.15, 0.2) is 5.96 Å². The highest BCUT2D eigenvalue weighted by Crippen LogP contribution is 2.49. The van der Waals surface area contributed by atoms with Crippen LogP contribution in [-0.2, 0) is 21.2 Å². The lowest BCUT2D eigenvalue weighted by molar-refractivity contribution is 0.259. The molecule has 1 saturated heterocycles. The van der Waals surface area contributed by atoms with Crippen LogP contribution >= 0.6 is 0 Å². The molecule has 2 aliphatic rings. The molecule has 1 N–H and O–H groups in total. The second-order valence-electron chi connectivity index (χ2n) is 8.40. The third-order valence-corrected chi connectivity index (χ3v) is 8.00. The maximum atomic E-state index is 12.7. The van der Waals surface area contributed by atoms with Crippen molar-refractivity contribution in [2.75, 3.05) is 39.3 Å². The van der Waals surface area contributed by atoms with E-state index >= 15 is 0 Å². The Morgan fingerprint density at radius 1 is 1.19 bits per heavy atom. The number of nitrogens with zero attached hydrogens (tertiary/aromatic N) is 4. The highest BCUT2D eigenvalue weighted by Gasteiger charge is 2.45. The summed E-state index contributed by atoms with van der Waals surface area (Å²) < 4.78 is 31.7. The maximum absolute atomic E-state index is 12.7. The minimum Gasteiger partial charge on any atom is -0.364 e. The molecule has 0 unspecified atom stereocenters. The Labute approximate surface area is 184 Å². The Hall–Kier alpha value is -2.39. The number of hydrogen-bond acceptors (Lipinski definition) is 5. The van der Waals surface area contributed by atoms with Gasteiger partial charge in [0.2, 0.25) is 10.0 Å². The normalized spacial score (nSPS) is 19.4. The zero-order chi connectivity index (χ0) is 21.9. The van der Waals surface area contributed by atoms with Crippen LogP contribution in [0.3, 0.4) is 0 Å². The number of guanidine groups is 1. The Balaban J connectivity index is 1.40. The summed E-state index contributed by atoms with van der Waals surface area (Å²) in [7, 11) is -3.41. The van der Waals surface area contributed by atoms with Gasteiger partial charge in [0.1, 0.15) is 12.0 Å². The first-order valence-electron chi connectivity index (χ1n) is 10.9. The lowest BCUT2D eigenvalue weighted by Gasteiger charge is -2.36. The van der Waals surface area contributed by atoms with E-state index in [2.05, 4.69) is 53.5 Å². The fourth-order valence-corrected chi connectivity index (χ4v) is 5.68. The second kappa shape index (κ2) is 9.00. The van der Waals surface area contributed by atoms with Crippen LogP contribution in [0.1, 0.15) is 36.6 Å². The van der Waals surface area contributed by atoms with E-state index in [1.54, 1.807) is 6.07 Å². The van der Waals surface area contributed by atoms with Crippen molar-refractivity contribution >= 4 is 16.0 Å². The van der Waals surface area contributed by atoms with Crippen molar-refractivity contribution in [1.82, 2.24) is 19.7 Å². The summed E-state index contributed by atoms with van der Waals surface area (Å²) in [5.41, 5.74) is 3.31. The van der Waals surface area contributed by atoms with Crippen LogP contribution in [0, 0.1) is 6.92 Å². The SMILES string of the molecule is CCNC(=NCC1(c2ccccc2C)CC1)N1CCN(S(=O)(=O)Cc2ccon2)CC1. The van der Waals surface area contributed by atoms with Crippen LogP contribution < -0.4 is 5.32 Å². The Bertz CT molecular complexity index is 1010. The summed E-state index contributed by atoms with van der Waals surface area (Å²) in [6.07, 6.45) is 3.72. The summed E-state index contributed by atoms with van der Waals surface area (Å²) >= 11 is 0. The largest absolute Gasteiger partial charge is 0.364 e. The third-order valence-electron chi connectivity index (χ3n) is 6.19. The average Bonchev–Trinajstić information content (AvgIpc) is 3.38. The third kappa shape index (κ3) is 4.93. The van der Waals surface area contributed by atoms with Crippen LogP contribution in [0.5, 0.6) is 0 Å². The molecule has 1 aliphatic carbocycles. The first kappa shape index (κ1) is 21.8. The van der Waals surface area contributed by atoms with Gasteiger partial charge in [-0.05, 0) is 37.8 Å². The topological polar surface area (TPSA) is 91.0 Å². The number of sulfonamides is 1. The fourth-order valence-electron chi connectivity index (χ4n) is 4.25. The van der Waals surface area contributed by atoms with Crippen molar-refractivity contribution in [3.8, 4) is 0 Å². The molecule has 1 aromatic carbocycles. The Morgan fingerprint density at radius 2 is 1.94 bits per heavy atom. The van der Waals surface area contributed by atoms with Crippen molar-refractivity contribution in [3.63, 3.8) is 0 Å². The predicted octanol–water partition coefficient (Wildman–Crippen LogP) is 2.13. The predicted molar refractivity (Wildman–Crippen MR) is 120 cm³/mol. The van der Waals surface area contributed by atoms with Crippen molar-refractivity contribution < 1.29 is 12.9 Å². The molecular formula is C22H31N5O3S. The lowest BCUT2D eigenvalue weighted by Crippen LogP contribution is -2.54. The number of piperazine rings is 1. The summed E-state index contributed by atoms with van der Waals surface area (Å²) in [5, 5.41) is 7.12. The van der Waals surface area contributed by atoms with E-state index in [0.717, 1.165) is 31.9 Å². The molecule has 168 valence electrons. The van der Waals surface area contributed by atoms with Gasteiger partial charge < -0.3 is 14.7 Å². The molecule has 0 spiro atoms. The molecule has 2 heterocycles. The highest BCUT2D eigenvalue weighted by atomic mass is 32.2. The maximum Gasteiger partial charge on any atom is 0.220 e. The van der Waals surface area contributed by atoms with Gasteiger partial charge in [0, 0.05) is 44.2 Å². The van der Waals surface area contributed by atoms with Crippen molar-refractivity contribution in [2.45, 2.75) is 37.9 Å². The first-order valence-corrected chi connectivity index (χ1v) is 12.5. The molecule has 0 atom stereocenters. The van der Waals surface area contributed by atoms with E-state index in [9.17, 15) is 8.42 Å². The number of benzene rings is 1. The van der Waals surface area contributed by atoms with Gasteiger partial charge in [0.25, 0.3) is 0 Å². The van der Waals surface area contributed by atoms with Gasteiger partial charge in [-0.25, -0.2) is 8.42 Å². The first-order chi connectivity index (χ1) is 14.9. The molecule has 0 radical (unpaired) electrons. The van der Waals surface area contributed by atoms with Gasteiger partial charge in [0.05, 0.1) is 12.2 Å². The van der Waals surface area contributed by atoms with Gasteiger partial charge in [-0.3, -0.25) is 4.99 Å². The van der Waals surface area contributed by atoms with Crippen LogP contribution in [0.15, 0.2) is 46.1 Å². The fraction of sp³-hybridized carbons (Fsp3) is 0.545. The molecule has 2 aromatic rings. The van der Waals surface area contributed by atoms with Gasteiger partial charge in [-0.2, -0.15) is 4.31 Å². The van der Waals surface area contributed by atoms with E-state index < -0.39 is 10.0 Å². The van der Waals surface area contributed by atoms with Gasteiger partial charge >= 0.3 is 0 Å². The highest BCUT2D eigenvalue weighted by molar-refractivity contribution is 7.88. The number of aromatic nitrogens is 1. The summed E-state index contributed by atoms with van der Waals surface area (Å²) in [5.74, 6) is 0.743. The Kier molecular flexibility index (Phi) is 6.34. The zero-order valence-corrected chi connectivity index (χ0v) is 19.1. The van der Waals surface area contributed by atoms with Crippen LogP contribution in [0.2, 0.25) is 0 Å². The van der Waals surface area contributed by atoms with Crippen molar-refractivity contribution in [2.24, 2.45) is 4.99 Å². The van der Waals surface area contributed by atoms with E-state index in [4.69, 9.17) is 9.52 Å². The smallest absolute Gasteiger partial charge is 0.220 e. The number of aryl methyl sites for hydroxylation is 1. The quantitative estimate of drug-likeness (QED) is 0.519. The molecule has 4 rings (SSSR count). The number of aliphatic imine (C=N–C) groups is 1. The number of hydrogen-bond donors (Lipinski definition) is 1. The molecule has 1 saturated carbocycles. The molecule has 31 heavy (non-hydrogen) atoms.